The van der Waals surface area contributed by atoms with Crippen LogP contribution in [0.25, 0.3) is 22.4 Å². The predicted octanol–water partition coefficient (Wildman–Crippen LogP) is 5.92. The number of rotatable bonds is 5. The highest BCUT2D eigenvalue weighted by molar-refractivity contribution is 7.92. The largest absolute Gasteiger partial charge is 0.280 e. The van der Waals surface area contributed by atoms with Gasteiger partial charge in [-0.2, -0.15) is 0 Å². The van der Waals surface area contributed by atoms with Gasteiger partial charge in [-0.1, -0.05) is 41.9 Å². The molecule has 0 aliphatic rings. The summed E-state index contributed by atoms with van der Waals surface area (Å²) in [5.74, 6) is 0. The van der Waals surface area contributed by atoms with Gasteiger partial charge < -0.3 is 0 Å². The summed E-state index contributed by atoms with van der Waals surface area (Å²) in [6.45, 7) is 0. The molecule has 0 unspecified atom stereocenters. The van der Waals surface area contributed by atoms with Gasteiger partial charge >= 0.3 is 0 Å². The standard InChI is InChI=1S/C21H15ClN2O2S2/c22-16-8-12-18(13-9-16)28(25,26)24-17-10-5-15(6-11-17)7-14-21-23-19-3-1-2-4-20(19)27-21/h1-14,24H. The number of nitrogens with one attached hydrogen (secondary N) is 1. The lowest BCUT2D eigenvalue weighted by Crippen LogP contribution is -2.12. The molecule has 1 heterocycles. The smallest absolute Gasteiger partial charge is 0.261 e. The van der Waals surface area contributed by atoms with Crippen LogP contribution >= 0.6 is 22.9 Å². The molecule has 0 saturated heterocycles. The minimum atomic E-state index is -3.65. The Hall–Kier alpha value is -2.67. The lowest BCUT2D eigenvalue weighted by atomic mass is 10.2. The number of hydrogen-bond acceptors (Lipinski definition) is 4. The molecule has 3 aromatic carbocycles. The van der Waals surface area contributed by atoms with E-state index in [4.69, 9.17) is 11.6 Å². The molecule has 0 saturated carbocycles. The van der Waals surface area contributed by atoms with Gasteiger partial charge in [0.25, 0.3) is 10.0 Å². The topological polar surface area (TPSA) is 59.1 Å². The van der Waals surface area contributed by atoms with Crippen LogP contribution in [-0.4, -0.2) is 13.4 Å². The number of thiazole rings is 1. The summed E-state index contributed by atoms with van der Waals surface area (Å²) >= 11 is 7.44. The average molecular weight is 427 g/mol. The summed E-state index contributed by atoms with van der Waals surface area (Å²) in [4.78, 5) is 4.73. The van der Waals surface area contributed by atoms with E-state index in [1.165, 1.54) is 12.1 Å². The number of sulfonamides is 1. The molecule has 140 valence electrons. The van der Waals surface area contributed by atoms with E-state index in [1.807, 2.05) is 48.6 Å². The van der Waals surface area contributed by atoms with Gasteiger partial charge in [0, 0.05) is 10.7 Å². The Balaban J connectivity index is 1.48. The van der Waals surface area contributed by atoms with E-state index < -0.39 is 10.0 Å². The highest BCUT2D eigenvalue weighted by Gasteiger charge is 2.13. The van der Waals surface area contributed by atoms with Gasteiger partial charge in [-0.05, 0) is 60.2 Å². The Morgan fingerprint density at radius 3 is 2.32 bits per heavy atom. The molecule has 0 spiro atoms. The molecule has 28 heavy (non-hydrogen) atoms. The fourth-order valence-corrected chi connectivity index (χ4v) is 4.67. The molecule has 4 nitrogen and oxygen atoms in total. The van der Waals surface area contributed by atoms with Crippen LogP contribution in [0.15, 0.2) is 77.7 Å². The monoisotopic (exact) mass is 426 g/mol. The van der Waals surface area contributed by atoms with Crippen molar-refractivity contribution in [2.24, 2.45) is 0 Å². The molecule has 1 aromatic heterocycles. The molecule has 0 amide bonds. The number of fused-ring (bicyclic) bond motifs is 1. The van der Waals surface area contributed by atoms with Crippen LogP contribution < -0.4 is 4.72 Å². The molecule has 0 aliphatic carbocycles. The first-order chi connectivity index (χ1) is 13.5. The maximum atomic E-state index is 12.4. The molecular weight excluding hydrogens is 412 g/mol. The van der Waals surface area contributed by atoms with Crippen LogP contribution in [0.4, 0.5) is 5.69 Å². The first kappa shape index (κ1) is 18.7. The van der Waals surface area contributed by atoms with E-state index in [2.05, 4.69) is 9.71 Å². The third kappa shape index (κ3) is 4.25. The quantitative estimate of drug-likeness (QED) is 0.430. The fourth-order valence-electron chi connectivity index (χ4n) is 2.62. The second-order valence-electron chi connectivity index (χ2n) is 6.03. The highest BCUT2D eigenvalue weighted by atomic mass is 35.5. The van der Waals surface area contributed by atoms with Crippen LogP contribution in [0.3, 0.4) is 0 Å². The van der Waals surface area contributed by atoms with Crippen LogP contribution in [-0.2, 0) is 10.0 Å². The minimum Gasteiger partial charge on any atom is -0.280 e. The molecule has 1 N–H and O–H groups in total. The molecule has 0 atom stereocenters. The van der Waals surface area contributed by atoms with Crippen LogP contribution in [0.2, 0.25) is 5.02 Å². The molecule has 4 rings (SSSR count). The number of aromatic nitrogens is 1. The first-order valence-corrected chi connectivity index (χ1v) is 11.1. The highest BCUT2D eigenvalue weighted by Crippen LogP contribution is 2.24. The number of hydrogen-bond donors (Lipinski definition) is 1. The van der Waals surface area contributed by atoms with Crippen LogP contribution in [0.5, 0.6) is 0 Å². The molecule has 4 aromatic rings. The van der Waals surface area contributed by atoms with E-state index in [1.54, 1.807) is 35.6 Å². The fraction of sp³-hybridized carbons (Fsp3) is 0. The van der Waals surface area contributed by atoms with Crippen molar-refractivity contribution in [2.45, 2.75) is 4.90 Å². The number of halogens is 1. The van der Waals surface area contributed by atoms with Crippen molar-refractivity contribution in [3.05, 3.63) is 88.4 Å². The molecule has 0 fully saturated rings. The van der Waals surface area contributed by atoms with Crippen molar-refractivity contribution in [1.29, 1.82) is 0 Å². The zero-order chi connectivity index (χ0) is 19.6. The summed E-state index contributed by atoms with van der Waals surface area (Å²) < 4.78 is 28.6. The van der Waals surface area contributed by atoms with Crippen LogP contribution in [0.1, 0.15) is 10.6 Å². The van der Waals surface area contributed by atoms with E-state index in [-0.39, 0.29) is 4.90 Å². The SMILES string of the molecule is O=S(=O)(Nc1ccc(C=Cc2nc3ccccc3s2)cc1)c1ccc(Cl)cc1. The first-order valence-electron chi connectivity index (χ1n) is 8.42. The second-order valence-corrected chi connectivity index (χ2v) is 9.22. The van der Waals surface area contributed by atoms with Gasteiger partial charge in [0.1, 0.15) is 5.01 Å². The van der Waals surface area contributed by atoms with Gasteiger partial charge in [0.2, 0.25) is 0 Å². The zero-order valence-electron chi connectivity index (χ0n) is 14.5. The lowest BCUT2D eigenvalue weighted by molar-refractivity contribution is 0.601. The third-order valence-electron chi connectivity index (χ3n) is 4.02. The summed E-state index contributed by atoms with van der Waals surface area (Å²) in [5.41, 5.74) is 2.43. The number of para-hydroxylation sites is 1. The summed E-state index contributed by atoms with van der Waals surface area (Å²) in [7, 11) is -3.65. The molecule has 0 bridgehead atoms. The van der Waals surface area contributed by atoms with Gasteiger partial charge in [-0.25, -0.2) is 13.4 Å². The van der Waals surface area contributed by atoms with Crippen molar-refractivity contribution in [1.82, 2.24) is 4.98 Å². The Morgan fingerprint density at radius 1 is 0.893 bits per heavy atom. The third-order valence-corrected chi connectivity index (χ3v) is 6.67. The van der Waals surface area contributed by atoms with E-state index in [0.29, 0.717) is 10.7 Å². The van der Waals surface area contributed by atoms with Gasteiger partial charge in [0.15, 0.2) is 0 Å². The van der Waals surface area contributed by atoms with Crippen molar-refractivity contribution in [2.75, 3.05) is 4.72 Å². The van der Waals surface area contributed by atoms with Gasteiger partial charge in [-0.15, -0.1) is 11.3 Å². The summed E-state index contributed by atoms with van der Waals surface area (Å²) in [5, 5.41) is 1.41. The Labute approximate surface area is 172 Å². The van der Waals surface area contributed by atoms with E-state index in [9.17, 15) is 8.42 Å². The predicted molar refractivity (Wildman–Crippen MR) is 117 cm³/mol. The molecule has 7 heteroatoms. The van der Waals surface area contributed by atoms with Crippen molar-refractivity contribution < 1.29 is 8.42 Å². The maximum absolute atomic E-state index is 12.4. The summed E-state index contributed by atoms with van der Waals surface area (Å²) in [6, 6.07) is 21.2. The molecule has 0 radical (unpaired) electrons. The lowest BCUT2D eigenvalue weighted by Gasteiger charge is -2.08. The minimum absolute atomic E-state index is 0.164. The summed E-state index contributed by atoms with van der Waals surface area (Å²) in [6.07, 6.45) is 3.91. The molecular formula is C21H15ClN2O2S2. The number of nitrogens with zero attached hydrogens (tertiary/aromatic N) is 1. The van der Waals surface area contributed by atoms with Crippen LogP contribution in [0, 0.1) is 0 Å². The van der Waals surface area contributed by atoms with Crippen molar-refractivity contribution >= 4 is 61.0 Å². The maximum Gasteiger partial charge on any atom is 0.261 e. The molecule has 0 aliphatic heterocycles. The van der Waals surface area contributed by atoms with E-state index in [0.717, 1.165) is 20.8 Å². The average Bonchev–Trinajstić information content (AvgIpc) is 3.10. The van der Waals surface area contributed by atoms with Crippen molar-refractivity contribution in [3.63, 3.8) is 0 Å². The Morgan fingerprint density at radius 2 is 1.61 bits per heavy atom. The second kappa shape index (κ2) is 7.75. The number of benzene rings is 3. The van der Waals surface area contributed by atoms with Crippen molar-refractivity contribution in [3.8, 4) is 0 Å². The van der Waals surface area contributed by atoms with Gasteiger partial charge in [-0.3, -0.25) is 4.72 Å². The normalized spacial score (nSPS) is 11.9. The number of anilines is 1. The zero-order valence-corrected chi connectivity index (χ0v) is 16.9. The van der Waals surface area contributed by atoms with Gasteiger partial charge in [0.05, 0.1) is 15.1 Å². The Kier molecular flexibility index (Phi) is 5.17. The van der Waals surface area contributed by atoms with E-state index >= 15 is 0 Å². The Bertz CT molecular complexity index is 1210.